The molecule has 130 valence electrons. The normalized spacial score (nSPS) is 10.6. The molecule has 0 heterocycles. The molecule has 0 aliphatic carbocycles. The van der Waals surface area contributed by atoms with E-state index >= 15 is 0 Å². The number of unbranched alkanes of at least 4 members (excludes halogenated alkanes) is 3. The summed E-state index contributed by atoms with van der Waals surface area (Å²) in [6.07, 6.45) is 8.70. The largest absolute Gasteiger partial charge is 0.494 e. The Labute approximate surface area is 154 Å². The fourth-order valence-electron chi connectivity index (χ4n) is 2.28. The van der Waals surface area contributed by atoms with Crippen molar-refractivity contribution in [1.29, 1.82) is 0 Å². The Morgan fingerprint density at radius 2 is 0.958 bits per heavy atom. The lowest BCUT2D eigenvalue weighted by molar-refractivity contribution is 0.287. The Bertz CT molecular complexity index is 514. The van der Waals surface area contributed by atoms with Gasteiger partial charge in [-0.25, -0.2) is 0 Å². The molecule has 0 amide bonds. The first-order valence-electron chi connectivity index (χ1n) is 8.35. The third kappa shape index (κ3) is 7.10. The summed E-state index contributed by atoms with van der Waals surface area (Å²) in [4.78, 5) is 2.54. The van der Waals surface area contributed by atoms with Gasteiger partial charge in [-0.05, 0) is 86.7 Å². The Balaban J connectivity index is 1.48. The van der Waals surface area contributed by atoms with Gasteiger partial charge in [0.05, 0.1) is 13.2 Å². The van der Waals surface area contributed by atoms with Crippen LogP contribution in [-0.4, -0.2) is 25.7 Å². The quantitative estimate of drug-likeness (QED) is 0.352. The fourth-order valence-corrected chi connectivity index (χ4v) is 3.10. The first-order chi connectivity index (χ1) is 11.8. The lowest BCUT2D eigenvalue weighted by Gasteiger charge is -2.08. The van der Waals surface area contributed by atoms with Gasteiger partial charge in [0.15, 0.2) is 0 Å². The van der Waals surface area contributed by atoms with E-state index in [1.165, 1.54) is 22.6 Å². The van der Waals surface area contributed by atoms with Crippen LogP contribution in [0.25, 0.3) is 0 Å². The van der Waals surface area contributed by atoms with Crippen molar-refractivity contribution in [2.24, 2.45) is 0 Å². The average molecular weight is 363 g/mol. The highest BCUT2D eigenvalue weighted by Gasteiger charge is 1.97. The molecule has 0 spiro atoms. The lowest BCUT2D eigenvalue weighted by Crippen LogP contribution is -1.99. The standard InChI is InChI=1S/C20H26O2S2/c1-23-19-11-7-17(8-12-19)21-15-5-3-4-6-16-22-18-9-13-20(24-2)14-10-18/h7-14H,3-6,15-16H2,1-2H3. The monoisotopic (exact) mass is 362 g/mol. The van der Waals surface area contributed by atoms with E-state index in [9.17, 15) is 0 Å². The fraction of sp³-hybridized carbons (Fsp3) is 0.400. The first kappa shape index (κ1) is 19.1. The molecular formula is C20H26O2S2. The van der Waals surface area contributed by atoms with Gasteiger partial charge in [0.1, 0.15) is 11.5 Å². The highest BCUT2D eigenvalue weighted by molar-refractivity contribution is 7.98. The van der Waals surface area contributed by atoms with Crippen molar-refractivity contribution in [1.82, 2.24) is 0 Å². The molecular weight excluding hydrogens is 336 g/mol. The molecule has 0 unspecified atom stereocenters. The van der Waals surface area contributed by atoms with E-state index in [0.717, 1.165) is 37.6 Å². The van der Waals surface area contributed by atoms with Crippen molar-refractivity contribution in [3.8, 4) is 11.5 Å². The minimum absolute atomic E-state index is 0.787. The number of benzene rings is 2. The molecule has 0 N–H and O–H groups in total. The van der Waals surface area contributed by atoms with Crippen LogP contribution in [0.1, 0.15) is 25.7 Å². The summed E-state index contributed by atoms with van der Waals surface area (Å²) >= 11 is 3.50. The molecule has 2 aromatic carbocycles. The zero-order valence-corrected chi connectivity index (χ0v) is 16.1. The molecule has 0 saturated carbocycles. The molecule has 0 aromatic heterocycles. The number of thioether (sulfide) groups is 2. The highest BCUT2D eigenvalue weighted by Crippen LogP contribution is 2.20. The van der Waals surface area contributed by atoms with Crippen LogP contribution in [0.2, 0.25) is 0 Å². The number of ether oxygens (including phenoxy) is 2. The van der Waals surface area contributed by atoms with Crippen molar-refractivity contribution in [3.05, 3.63) is 48.5 Å². The molecule has 0 aliphatic heterocycles. The molecule has 0 fully saturated rings. The van der Waals surface area contributed by atoms with E-state index in [0.29, 0.717) is 0 Å². The molecule has 0 aliphatic rings. The van der Waals surface area contributed by atoms with Crippen molar-refractivity contribution < 1.29 is 9.47 Å². The first-order valence-corrected chi connectivity index (χ1v) is 10.8. The van der Waals surface area contributed by atoms with Gasteiger partial charge in [-0.2, -0.15) is 0 Å². The maximum Gasteiger partial charge on any atom is 0.119 e. The summed E-state index contributed by atoms with van der Waals surface area (Å²) in [5.74, 6) is 1.93. The van der Waals surface area contributed by atoms with Crippen LogP contribution in [0, 0.1) is 0 Å². The zero-order valence-electron chi connectivity index (χ0n) is 14.5. The minimum Gasteiger partial charge on any atom is -0.494 e. The molecule has 24 heavy (non-hydrogen) atoms. The van der Waals surface area contributed by atoms with E-state index in [4.69, 9.17) is 9.47 Å². The van der Waals surface area contributed by atoms with Gasteiger partial charge in [0.25, 0.3) is 0 Å². The summed E-state index contributed by atoms with van der Waals surface area (Å²) in [6.45, 7) is 1.57. The van der Waals surface area contributed by atoms with E-state index < -0.39 is 0 Å². The zero-order chi connectivity index (χ0) is 17.0. The summed E-state index contributed by atoms with van der Waals surface area (Å²) in [5.41, 5.74) is 0. The van der Waals surface area contributed by atoms with Crippen LogP contribution in [0.4, 0.5) is 0 Å². The number of rotatable bonds is 11. The van der Waals surface area contributed by atoms with Gasteiger partial charge >= 0.3 is 0 Å². The van der Waals surface area contributed by atoms with Crippen LogP contribution in [-0.2, 0) is 0 Å². The van der Waals surface area contributed by atoms with Gasteiger partial charge in [0, 0.05) is 9.79 Å². The van der Waals surface area contributed by atoms with Gasteiger partial charge in [0.2, 0.25) is 0 Å². The second kappa shape index (κ2) is 11.3. The summed E-state index contributed by atoms with van der Waals surface area (Å²) in [7, 11) is 0. The van der Waals surface area contributed by atoms with E-state index in [1.54, 1.807) is 23.5 Å². The maximum absolute atomic E-state index is 5.76. The summed E-state index contributed by atoms with van der Waals surface area (Å²) in [6, 6.07) is 16.6. The summed E-state index contributed by atoms with van der Waals surface area (Å²) < 4.78 is 11.5. The van der Waals surface area contributed by atoms with Crippen molar-refractivity contribution in [2.75, 3.05) is 25.7 Å². The number of hydrogen-bond donors (Lipinski definition) is 0. The highest BCUT2D eigenvalue weighted by atomic mass is 32.2. The van der Waals surface area contributed by atoms with Crippen molar-refractivity contribution in [2.45, 2.75) is 35.5 Å². The average Bonchev–Trinajstić information content (AvgIpc) is 2.65. The molecule has 0 atom stereocenters. The van der Waals surface area contributed by atoms with Gasteiger partial charge in [-0.15, -0.1) is 23.5 Å². The molecule has 0 radical (unpaired) electrons. The van der Waals surface area contributed by atoms with Crippen LogP contribution < -0.4 is 9.47 Å². The SMILES string of the molecule is CSc1ccc(OCCCCCCOc2ccc(SC)cc2)cc1. The van der Waals surface area contributed by atoms with Crippen molar-refractivity contribution in [3.63, 3.8) is 0 Å². The maximum atomic E-state index is 5.76. The smallest absolute Gasteiger partial charge is 0.119 e. The van der Waals surface area contributed by atoms with E-state index in [1.807, 2.05) is 24.3 Å². The van der Waals surface area contributed by atoms with Crippen LogP contribution in [0.3, 0.4) is 0 Å². The minimum atomic E-state index is 0.787. The lowest BCUT2D eigenvalue weighted by atomic mass is 10.2. The second-order valence-electron chi connectivity index (χ2n) is 5.46. The molecule has 0 bridgehead atoms. The number of hydrogen-bond acceptors (Lipinski definition) is 4. The van der Waals surface area contributed by atoms with Gasteiger partial charge in [-0.3, -0.25) is 0 Å². The van der Waals surface area contributed by atoms with Crippen molar-refractivity contribution >= 4 is 23.5 Å². The third-order valence-corrected chi connectivity index (χ3v) is 5.18. The Hall–Kier alpha value is -1.26. The third-order valence-electron chi connectivity index (χ3n) is 3.70. The molecule has 2 nitrogen and oxygen atoms in total. The predicted octanol–water partition coefficient (Wildman–Crippen LogP) is 6.15. The van der Waals surface area contributed by atoms with Crippen LogP contribution in [0.15, 0.2) is 58.3 Å². The van der Waals surface area contributed by atoms with E-state index in [2.05, 4.69) is 36.8 Å². The topological polar surface area (TPSA) is 18.5 Å². The summed E-state index contributed by atoms with van der Waals surface area (Å²) in [5, 5.41) is 0. The van der Waals surface area contributed by atoms with Gasteiger partial charge in [-0.1, -0.05) is 0 Å². The second-order valence-corrected chi connectivity index (χ2v) is 7.22. The Morgan fingerprint density at radius 3 is 1.29 bits per heavy atom. The van der Waals surface area contributed by atoms with Crippen LogP contribution >= 0.6 is 23.5 Å². The molecule has 2 aromatic rings. The molecule has 4 heteroatoms. The van der Waals surface area contributed by atoms with Gasteiger partial charge < -0.3 is 9.47 Å². The molecule has 2 rings (SSSR count). The molecule has 0 saturated heterocycles. The van der Waals surface area contributed by atoms with E-state index in [-0.39, 0.29) is 0 Å². The Morgan fingerprint density at radius 1 is 0.583 bits per heavy atom. The van der Waals surface area contributed by atoms with Crippen LogP contribution in [0.5, 0.6) is 11.5 Å². The predicted molar refractivity (Wildman–Crippen MR) is 106 cm³/mol. The Kier molecular flexibility index (Phi) is 9.00.